The second kappa shape index (κ2) is 4.22. The van der Waals surface area contributed by atoms with E-state index in [1.165, 1.54) is 12.1 Å². The summed E-state index contributed by atoms with van der Waals surface area (Å²) in [6, 6.07) is 3.70. The summed E-state index contributed by atoms with van der Waals surface area (Å²) in [4.78, 5) is 11.5. The molecule has 0 aromatic heterocycles. The number of carbonyl (C=O) groups excluding carboxylic acids is 1. The summed E-state index contributed by atoms with van der Waals surface area (Å²) in [6.07, 6.45) is 0.393. The third-order valence-corrected chi connectivity index (χ3v) is 1.86. The molecule has 0 atom stereocenters. The van der Waals surface area contributed by atoms with E-state index in [4.69, 9.17) is 5.11 Å². The van der Waals surface area contributed by atoms with Crippen LogP contribution in [0.5, 0.6) is 5.75 Å². The fraction of sp³-hybridized carbons (Fsp3) is 0.364. The molecule has 1 aromatic rings. The van der Waals surface area contributed by atoms with Crippen molar-refractivity contribution in [2.75, 3.05) is 0 Å². The van der Waals surface area contributed by atoms with E-state index in [0.717, 1.165) is 6.07 Å². The maximum absolute atomic E-state index is 12.9. The molecule has 0 saturated carbocycles. The number of halogens is 1. The van der Waals surface area contributed by atoms with Crippen LogP contribution in [0, 0.1) is 11.7 Å². The Hall–Kier alpha value is -1.38. The van der Waals surface area contributed by atoms with Crippen LogP contribution < -0.4 is 0 Å². The average Bonchev–Trinajstić information content (AvgIpc) is 2.08. The van der Waals surface area contributed by atoms with Gasteiger partial charge in [-0.05, 0) is 24.1 Å². The standard InChI is InChI=1S/C11H13FO2/c1-7(2)5-11(14)8-3-4-10(13)9(12)6-8/h3-4,6-7,13H,5H2,1-2H3. The van der Waals surface area contributed by atoms with E-state index in [1.54, 1.807) is 0 Å². The highest BCUT2D eigenvalue weighted by molar-refractivity contribution is 5.96. The Bertz CT molecular complexity index is 345. The molecule has 2 nitrogen and oxygen atoms in total. The van der Waals surface area contributed by atoms with Crippen molar-refractivity contribution in [3.05, 3.63) is 29.6 Å². The predicted molar refractivity (Wildman–Crippen MR) is 51.9 cm³/mol. The zero-order chi connectivity index (χ0) is 10.7. The average molecular weight is 196 g/mol. The SMILES string of the molecule is CC(C)CC(=O)c1ccc(O)c(F)c1. The van der Waals surface area contributed by atoms with Crippen LogP contribution in [-0.2, 0) is 0 Å². The fourth-order valence-corrected chi connectivity index (χ4v) is 1.17. The molecular formula is C11H13FO2. The molecule has 0 heterocycles. The molecule has 0 radical (unpaired) electrons. The molecule has 0 spiro atoms. The van der Waals surface area contributed by atoms with Gasteiger partial charge < -0.3 is 5.11 Å². The number of carbonyl (C=O) groups is 1. The summed E-state index contributed by atoms with van der Waals surface area (Å²) in [5.74, 6) is -1.02. The first-order chi connectivity index (χ1) is 6.50. The molecule has 0 amide bonds. The van der Waals surface area contributed by atoms with Gasteiger partial charge in [-0.3, -0.25) is 4.79 Å². The number of phenolic OH excluding ortho intramolecular Hbond substituents is 1. The van der Waals surface area contributed by atoms with E-state index < -0.39 is 11.6 Å². The monoisotopic (exact) mass is 196 g/mol. The molecule has 0 aliphatic rings. The van der Waals surface area contributed by atoms with Crippen molar-refractivity contribution in [1.29, 1.82) is 0 Å². The first kappa shape index (κ1) is 10.7. The van der Waals surface area contributed by atoms with Gasteiger partial charge in [-0.15, -0.1) is 0 Å². The van der Waals surface area contributed by atoms with Gasteiger partial charge >= 0.3 is 0 Å². The van der Waals surface area contributed by atoms with Gasteiger partial charge in [0.1, 0.15) is 0 Å². The van der Waals surface area contributed by atoms with Crippen molar-refractivity contribution in [2.45, 2.75) is 20.3 Å². The van der Waals surface area contributed by atoms with Crippen molar-refractivity contribution in [3.63, 3.8) is 0 Å². The molecular weight excluding hydrogens is 183 g/mol. The van der Waals surface area contributed by atoms with Gasteiger partial charge in [-0.25, -0.2) is 4.39 Å². The van der Waals surface area contributed by atoms with Gasteiger partial charge in [0.2, 0.25) is 0 Å². The van der Waals surface area contributed by atoms with Crippen LogP contribution >= 0.6 is 0 Å². The van der Waals surface area contributed by atoms with Gasteiger partial charge in [0, 0.05) is 12.0 Å². The minimum atomic E-state index is -0.750. The summed E-state index contributed by atoms with van der Waals surface area (Å²) >= 11 is 0. The first-order valence-corrected chi connectivity index (χ1v) is 4.52. The Kier molecular flexibility index (Phi) is 3.23. The highest BCUT2D eigenvalue weighted by atomic mass is 19.1. The van der Waals surface area contributed by atoms with Crippen LogP contribution in [0.4, 0.5) is 4.39 Å². The number of Topliss-reactive ketones (excluding diaryl/α,β-unsaturated/α-hetero) is 1. The molecule has 0 saturated heterocycles. The zero-order valence-electron chi connectivity index (χ0n) is 8.25. The van der Waals surface area contributed by atoms with E-state index in [0.29, 0.717) is 12.0 Å². The lowest BCUT2D eigenvalue weighted by Crippen LogP contribution is -2.03. The summed E-state index contributed by atoms with van der Waals surface area (Å²) in [5.41, 5.74) is 0.314. The van der Waals surface area contributed by atoms with Gasteiger partial charge in [-0.1, -0.05) is 13.8 Å². The Morgan fingerprint density at radius 1 is 1.50 bits per heavy atom. The van der Waals surface area contributed by atoms with Gasteiger partial charge in [0.25, 0.3) is 0 Å². The topological polar surface area (TPSA) is 37.3 Å². The molecule has 3 heteroatoms. The Balaban J connectivity index is 2.86. The fourth-order valence-electron chi connectivity index (χ4n) is 1.17. The van der Waals surface area contributed by atoms with Gasteiger partial charge in [0.05, 0.1) is 0 Å². The zero-order valence-corrected chi connectivity index (χ0v) is 8.25. The largest absolute Gasteiger partial charge is 0.505 e. The first-order valence-electron chi connectivity index (χ1n) is 4.52. The maximum Gasteiger partial charge on any atom is 0.165 e. The van der Waals surface area contributed by atoms with E-state index in [-0.39, 0.29) is 11.7 Å². The predicted octanol–water partition coefficient (Wildman–Crippen LogP) is 2.76. The Morgan fingerprint density at radius 2 is 2.14 bits per heavy atom. The highest BCUT2D eigenvalue weighted by Crippen LogP contribution is 2.18. The molecule has 1 aromatic carbocycles. The number of ketones is 1. The third-order valence-electron chi connectivity index (χ3n) is 1.86. The Labute approximate surface area is 82.4 Å². The third kappa shape index (κ3) is 2.55. The van der Waals surface area contributed by atoms with Crippen molar-refractivity contribution in [2.24, 2.45) is 5.92 Å². The summed E-state index contributed by atoms with van der Waals surface area (Å²) < 4.78 is 12.9. The quantitative estimate of drug-likeness (QED) is 0.755. The summed E-state index contributed by atoms with van der Waals surface area (Å²) in [7, 11) is 0. The number of phenols is 1. The lowest BCUT2D eigenvalue weighted by atomic mass is 10.0. The van der Waals surface area contributed by atoms with E-state index in [1.807, 2.05) is 13.8 Å². The van der Waals surface area contributed by atoms with Crippen molar-refractivity contribution < 1.29 is 14.3 Å². The second-order valence-electron chi connectivity index (χ2n) is 3.69. The van der Waals surface area contributed by atoms with Crippen LogP contribution in [0.3, 0.4) is 0 Å². The molecule has 0 bridgehead atoms. The molecule has 14 heavy (non-hydrogen) atoms. The normalized spacial score (nSPS) is 10.6. The molecule has 1 N–H and O–H groups in total. The van der Waals surface area contributed by atoms with Crippen molar-refractivity contribution in [3.8, 4) is 5.75 Å². The minimum Gasteiger partial charge on any atom is -0.505 e. The second-order valence-corrected chi connectivity index (χ2v) is 3.69. The number of benzene rings is 1. The van der Waals surface area contributed by atoms with Crippen molar-refractivity contribution >= 4 is 5.78 Å². The molecule has 0 fully saturated rings. The number of aromatic hydroxyl groups is 1. The van der Waals surface area contributed by atoms with Crippen LogP contribution in [0.2, 0.25) is 0 Å². The number of hydrogen-bond donors (Lipinski definition) is 1. The molecule has 0 unspecified atom stereocenters. The summed E-state index contributed by atoms with van der Waals surface area (Å²) in [5, 5.41) is 8.92. The van der Waals surface area contributed by atoms with Gasteiger partial charge in [-0.2, -0.15) is 0 Å². The van der Waals surface area contributed by atoms with Crippen LogP contribution in [0.25, 0.3) is 0 Å². The maximum atomic E-state index is 12.9. The minimum absolute atomic E-state index is 0.0982. The summed E-state index contributed by atoms with van der Waals surface area (Å²) in [6.45, 7) is 3.85. The molecule has 1 rings (SSSR count). The smallest absolute Gasteiger partial charge is 0.165 e. The van der Waals surface area contributed by atoms with Crippen LogP contribution in [-0.4, -0.2) is 10.9 Å². The van der Waals surface area contributed by atoms with E-state index in [9.17, 15) is 9.18 Å². The highest BCUT2D eigenvalue weighted by Gasteiger charge is 2.10. The van der Waals surface area contributed by atoms with Gasteiger partial charge in [0.15, 0.2) is 17.3 Å². The van der Waals surface area contributed by atoms with Crippen molar-refractivity contribution in [1.82, 2.24) is 0 Å². The number of hydrogen-bond acceptors (Lipinski definition) is 2. The number of rotatable bonds is 3. The van der Waals surface area contributed by atoms with Crippen LogP contribution in [0.1, 0.15) is 30.6 Å². The Morgan fingerprint density at radius 3 is 2.64 bits per heavy atom. The lowest BCUT2D eigenvalue weighted by Gasteiger charge is -2.04. The molecule has 76 valence electrons. The molecule has 0 aliphatic heterocycles. The van der Waals surface area contributed by atoms with Crippen LogP contribution in [0.15, 0.2) is 18.2 Å². The van der Waals surface area contributed by atoms with E-state index >= 15 is 0 Å². The van der Waals surface area contributed by atoms with E-state index in [2.05, 4.69) is 0 Å². The molecule has 0 aliphatic carbocycles. The lowest BCUT2D eigenvalue weighted by molar-refractivity contribution is 0.0967.